The maximum Gasteiger partial charge on any atom is 0.253 e. The van der Waals surface area contributed by atoms with Gasteiger partial charge in [-0.15, -0.1) is 0 Å². The average molecular weight is 348 g/mol. The van der Waals surface area contributed by atoms with Gasteiger partial charge in [0, 0.05) is 35.7 Å². The minimum absolute atomic E-state index is 0.0164. The Balaban J connectivity index is 1.80. The summed E-state index contributed by atoms with van der Waals surface area (Å²) in [6, 6.07) is 7.24. The van der Waals surface area contributed by atoms with Crippen LogP contribution in [0.25, 0.3) is 10.9 Å². The summed E-state index contributed by atoms with van der Waals surface area (Å²) in [6.45, 7) is 3.12. The maximum atomic E-state index is 12.7. The van der Waals surface area contributed by atoms with Crippen molar-refractivity contribution >= 4 is 28.4 Å². The SMILES string of the molecule is COCC1(CNC(=O)c2cc(Cl)cc3cccnc23)CCNCC1. The quantitative estimate of drug-likeness (QED) is 0.872. The largest absolute Gasteiger partial charge is 0.384 e. The zero-order chi connectivity index (χ0) is 17.0. The highest BCUT2D eigenvalue weighted by Gasteiger charge is 2.32. The molecule has 128 valence electrons. The van der Waals surface area contributed by atoms with Crippen LogP contribution in [0, 0.1) is 5.41 Å². The van der Waals surface area contributed by atoms with E-state index < -0.39 is 0 Å². The smallest absolute Gasteiger partial charge is 0.253 e. The molecule has 0 radical (unpaired) electrons. The lowest BCUT2D eigenvalue weighted by molar-refractivity contribution is 0.0512. The fourth-order valence-electron chi connectivity index (χ4n) is 3.33. The molecule has 6 heteroatoms. The first kappa shape index (κ1) is 17.1. The number of halogens is 1. The molecule has 1 aromatic carbocycles. The molecule has 1 aliphatic heterocycles. The Hall–Kier alpha value is -1.69. The van der Waals surface area contributed by atoms with E-state index in [1.54, 1.807) is 19.4 Å². The van der Waals surface area contributed by atoms with Gasteiger partial charge < -0.3 is 15.4 Å². The molecule has 0 unspecified atom stereocenters. The van der Waals surface area contributed by atoms with Crippen LogP contribution in [0.2, 0.25) is 5.02 Å². The molecular weight excluding hydrogens is 326 g/mol. The maximum absolute atomic E-state index is 12.7. The number of aromatic nitrogens is 1. The third kappa shape index (κ3) is 3.69. The van der Waals surface area contributed by atoms with Crippen molar-refractivity contribution in [2.75, 3.05) is 33.4 Å². The third-order valence-corrected chi connectivity index (χ3v) is 4.87. The highest BCUT2D eigenvalue weighted by atomic mass is 35.5. The van der Waals surface area contributed by atoms with Crippen molar-refractivity contribution < 1.29 is 9.53 Å². The number of hydrogen-bond acceptors (Lipinski definition) is 4. The summed E-state index contributed by atoms with van der Waals surface area (Å²) in [5, 5.41) is 7.82. The number of hydrogen-bond donors (Lipinski definition) is 2. The van der Waals surface area contributed by atoms with Crippen LogP contribution in [0.4, 0.5) is 0 Å². The molecule has 2 aromatic rings. The lowest BCUT2D eigenvalue weighted by Gasteiger charge is -2.37. The number of amides is 1. The van der Waals surface area contributed by atoms with E-state index in [2.05, 4.69) is 15.6 Å². The van der Waals surface area contributed by atoms with Gasteiger partial charge in [0.05, 0.1) is 17.7 Å². The van der Waals surface area contributed by atoms with Gasteiger partial charge in [-0.2, -0.15) is 0 Å². The normalized spacial score (nSPS) is 16.9. The zero-order valence-corrected chi connectivity index (χ0v) is 14.5. The Morgan fingerprint density at radius 2 is 2.21 bits per heavy atom. The summed E-state index contributed by atoms with van der Waals surface area (Å²) < 4.78 is 5.40. The van der Waals surface area contributed by atoms with E-state index in [1.807, 2.05) is 18.2 Å². The first-order valence-electron chi connectivity index (χ1n) is 8.16. The summed E-state index contributed by atoms with van der Waals surface area (Å²) in [5.74, 6) is -0.143. The second-order valence-corrected chi connectivity index (χ2v) is 6.83. The van der Waals surface area contributed by atoms with Crippen molar-refractivity contribution in [3.63, 3.8) is 0 Å². The van der Waals surface area contributed by atoms with Crippen LogP contribution in [-0.4, -0.2) is 44.2 Å². The molecule has 0 atom stereocenters. The van der Waals surface area contributed by atoms with Crippen molar-refractivity contribution in [2.24, 2.45) is 5.41 Å². The Labute approximate surface area is 146 Å². The van der Waals surface area contributed by atoms with Gasteiger partial charge in [0.2, 0.25) is 0 Å². The first-order valence-corrected chi connectivity index (χ1v) is 8.53. The van der Waals surface area contributed by atoms with Gasteiger partial charge >= 0.3 is 0 Å². The molecule has 0 spiro atoms. The van der Waals surface area contributed by atoms with Crippen LogP contribution in [0.3, 0.4) is 0 Å². The number of fused-ring (bicyclic) bond motifs is 1. The minimum atomic E-state index is -0.143. The number of ether oxygens (including phenoxy) is 1. The number of carbonyl (C=O) groups is 1. The molecule has 1 aromatic heterocycles. The predicted molar refractivity (Wildman–Crippen MR) is 95.5 cm³/mol. The van der Waals surface area contributed by atoms with Crippen molar-refractivity contribution in [2.45, 2.75) is 12.8 Å². The van der Waals surface area contributed by atoms with E-state index in [1.165, 1.54) is 0 Å². The molecule has 2 heterocycles. The second-order valence-electron chi connectivity index (χ2n) is 6.39. The van der Waals surface area contributed by atoms with E-state index in [4.69, 9.17) is 16.3 Å². The number of methoxy groups -OCH3 is 1. The predicted octanol–water partition coefficient (Wildman–Crippen LogP) is 2.63. The summed E-state index contributed by atoms with van der Waals surface area (Å²) in [7, 11) is 1.71. The number of piperidine rings is 1. The van der Waals surface area contributed by atoms with Crippen LogP contribution in [-0.2, 0) is 4.74 Å². The Bertz CT molecular complexity index is 724. The van der Waals surface area contributed by atoms with Gasteiger partial charge in [0.25, 0.3) is 5.91 Å². The van der Waals surface area contributed by atoms with Crippen molar-refractivity contribution in [3.8, 4) is 0 Å². The Morgan fingerprint density at radius 3 is 2.96 bits per heavy atom. The van der Waals surface area contributed by atoms with Crippen molar-refractivity contribution in [3.05, 3.63) is 41.0 Å². The fraction of sp³-hybridized carbons (Fsp3) is 0.444. The van der Waals surface area contributed by atoms with Crippen LogP contribution in [0.15, 0.2) is 30.5 Å². The summed E-state index contributed by atoms with van der Waals surface area (Å²) in [5.41, 5.74) is 1.17. The molecule has 0 bridgehead atoms. The summed E-state index contributed by atoms with van der Waals surface area (Å²) in [6.07, 6.45) is 3.65. The molecule has 0 saturated carbocycles. The van der Waals surface area contributed by atoms with Crippen LogP contribution in [0.1, 0.15) is 23.2 Å². The number of rotatable bonds is 5. The molecule has 24 heavy (non-hydrogen) atoms. The first-order chi connectivity index (χ1) is 11.6. The van der Waals surface area contributed by atoms with E-state index in [9.17, 15) is 4.79 Å². The highest BCUT2D eigenvalue weighted by molar-refractivity contribution is 6.32. The highest BCUT2D eigenvalue weighted by Crippen LogP contribution is 2.29. The van der Waals surface area contributed by atoms with Gasteiger partial charge in [0.1, 0.15) is 0 Å². The zero-order valence-electron chi connectivity index (χ0n) is 13.8. The Morgan fingerprint density at radius 1 is 1.42 bits per heavy atom. The molecule has 3 rings (SSSR count). The number of nitrogens with zero attached hydrogens (tertiary/aromatic N) is 1. The number of benzene rings is 1. The summed E-state index contributed by atoms with van der Waals surface area (Å²) in [4.78, 5) is 17.1. The monoisotopic (exact) mass is 347 g/mol. The topological polar surface area (TPSA) is 63.2 Å². The molecule has 5 nitrogen and oxygen atoms in total. The molecule has 0 aliphatic carbocycles. The Kier molecular flexibility index (Phi) is 5.33. The van der Waals surface area contributed by atoms with Gasteiger partial charge in [-0.3, -0.25) is 9.78 Å². The van der Waals surface area contributed by atoms with E-state index >= 15 is 0 Å². The number of carbonyl (C=O) groups excluding carboxylic acids is 1. The lowest BCUT2D eigenvalue weighted by Crippen LogP contribution is -2.47. The molecule has 1 fully saturated rings. The molecule has 1 amide bonds. The van der Waals surface area contributed by atoms with Crippen LogP contribution < -0.4 is 10.6 Å². The summed E-state index contributed by atoms with van der Waals surface area (Å²) >= 11 is 6.16. The van der Waals surface area contributed by atoms with Crippen LogP contribution in [0.5, 0.6) is 0 Å². The van der Waals surface area contributed by atoms with Crippen molar-refractivity contribution in [1.82, 2.24) is 15.6 Å². The third-order valence-electron chi connectivity index (χ3n) is 4.65. The number of pyridine rings is 1. The van der Waals surface area contributed by atoms with E-state index in [0.29, 0.717) is 29.3 Å². The standard InChI is InChI=1S/C18H22ClN3O2/c1-24-12-18(4-7-20-8-5-18)11-22-17(23)15-10-14(19)9-13-3-2-6-21-16(13)15/h2-3,6,9-10,20H,4-5,7-8,11-12H2,1H3,(H,22,23). The van der Waals surface area contributed by atoms with E-state index in [0.717, 1.165) is 31.3 Å². The van der Waals surface area contributed by atoms with Crippen molar-refractivity contribution in [1.29, 1.82) is 0 Å². The molecule has 1 saturated heterocycles. The second kappa shape index (κ2) is 7.47. The number of nitrogens with one attached hydrogen (secondary N) is 2. The minimum Gasteiger partial charge on any atom is -0.384 e. The van der Waals surface area contributed by atoms with E-state index in [-0.39, 0.29) is 11.3 Å². The fourth-order valence-corrected chi connectivity index (χ4v) is 3.55. The average Bonchev–Trinajstić information content (AvgIpc) is 2.60. The molecule has 2 N–H and O–H groups in total. The van der Waals surface area contributed by atoms with Gasteiger partial charge in [0.15, 0.2) is 0 Å². The molecular formula is C18H22ClN3O2. The molecule has 1 aliphatic rings. The lowest BCUT2D eigenvalue weighted by atomic mass is 9.79. The van der Waals surface area contributed by atoms with Gasteiger partial charge in [-0.05, 0) is 44.1 Å². The van der Waals surface area contributed by atoms with Gasteiger partial charge in [-0.1, -0.05) is 17.7 Å². The van der Waals surface area contributed by atoms with Crippen LogP contribution >= 0.6 is 11.6 Å². The van der Waals surface area contributed by atoms with Gasteiger partial charge in [-0.25, -0.2) is 0 Å².